The van der Waals surface area contributed by atoms with Gasteiger partial charge in [0.25, 0.3) is 0 Å². The van der Waals surface area contributed by atoms with Gasteiger partial charge >= 0.3 is 5.63 Å². The van der Waals surface area contributed by atoms with Crippen molar-refractivity contribution < 1.29 is 13.4 Å². The van der Waals surface area contributed by atoms with Crippen molar-refractivity contribution in [1.29, 1.82) is 0 Å². The second-order valence-electron chi connectivity index (χ2n) is 10.3. The van der Waals surface area contributed by atoms with E-state index in [1.54, 1.807) is 6.08 Å². The molecule has 7 nitrogen and oxygen atoms in total. The number of hydrogen-bond donors (Lipinski definition) is 2. The Bertz CT molecular complexity index is 1970. The van der Waals surface area contributed by atoms with Gasteiger partial charge in [0.15, 0.2) is 0 Å². The summed E-state index contributed by atoms with van der Waals surface area (Å²) in [5, 5.41) is 4.87. The summed E-state index contributed by atoms with van der Waals surface area (Å²) in [6.45, 7) is 6.48. The van der Waals surface area contributed by atoms with Crippen LogP contribution in [0.25, 0.3) is 45.1 Å². The van der Waals surface area contributed by atoms with Crippen LogP contribution in [-0.4, -0.2) is 29.6 Å². The average Bonchev–Trinajstić information content (AvgIpc) is 3.41. The van der Waals surface area contributed by atoms with Gasteiger partial charge < -0.3 is 19.6 Å². The van der Waals surface area contributed by atoms with E-state index in [9.17, 15) is 9.18 Å². The van der Waals surface area contributed by atoms with Crippen molar-refractivity contribution in [3.05, 3.63) is 106 Å². The SMILES string of the molecule is CCN(CC)c1ccc2cc(/C=C/c3ccc4cc(F)c(NCCc5nc6ccccc6[nH]5)cc4[n+]3C)c(=O)oc2c1. The van der Waals surface area contributed by atoms with Gasteiger partial charge in [0.2, 0.25) is 11.2 Å². The molecule has 6 aromatic rings. The molecule has 212 valence electrons. The maximum absolute atomic E-state index is 14.9. The van der Waals surface area contributed by atoms with Crippen LogP contribution in [-0.2, 0) is 13.5 Å². The number of para-hydroxylation sites is 2. The maximum atomic E-state index is 14.9. The molecule has 0 atom stereocenters. The predicted octanol–water partition coefficient (Wildman–Crippen LogP) is 6.46. The molecule has 0 bridgehead atoms. The van der Waals surface area contributed by atoms with Gasteiger partial charge in [-0.05, 0) is 62.4 Å². The molecule has 0 saturated carbocycles. The third-order valence-corrected chi connectivity index (χ3v) is 7.72. The molecule has 8 heteroatoms. The Morgan fingerprint density at radius 2 is 1.81 bits per heavy atom. The number of rotatable bonds is 9. The summed E-state index contributed by atoms with van der Waals surface area (Å²) in [6, 6.07) is 22.8. The van der Waals surface area contributed by atoms with Gasteiger partial charge in [-0.3, -0.25) is 0 Å². The number of pyridine rings is 1. The van der Waals surface area contributed by atoms with E-state index in [0.717, 1.165) is 57.6 Å². The third-order valence-electron chi connectivity index (χ3n) is 7.72. The topological polar surface area (TPSA) is 78.0 Å². The van der Waals surface area contributed by atoms with Gasteiger partial charge in [0.1, 0.15) is 24.3 Å². The quantitative estimate of drug-likeness (QED) is 0.156. The molecule has 0 aliphatic heterocycles. The number of anilines is 2. The van der Waals surface area contributed by atoms with Crippen LogP contribution in [0.2, 0.25) is 0 Å². The molecule has 0 amide bonds. The minimum absolute atomic E-state index is 0.312. The molecule has 2 N–H and O–H groups in total. The number of imidazole rings is 1. The number of hydrogen-bond acceptors (Lipinski definition) is 5. The fourth-order valence-electron chi connectivity index (χ4n) is 5.36. The van der Waals surface area contributed by atoms with Crippen molar-refractivity contribution in [2.24, 2.45) is 7.05 Å². The van der Waals surface area contributed by atoms with E-state index in [1.165, 1.54) is 6.07 Å². The van der Waals surface area contributed by atoms with Crippen LogP contribution >= 0.6 is 0 Å². The number of halogens is 1. The molecule has 0 saturated heterocycles. The Labute approximate surface area is 242 Å². The Morgan fingerprint density at radius 1 is 1.00 bits per heavy atom. The highest BCUT2D eigenvalue weighted by Crippen LogP contribution is 2.24. The third kappa shape index (κ3) is 5.35. The van der Waals surface area contributed by atoms with Crippen molar-refractivity contribution in [1.82, 2.24) is 9.97 Å². The maximum Gasteiger partial charge on any atom is 0.343 e. The highest BCUT2D eigenvalue weighted by atomic mass is 19.1. The number of nitrogens with one attached hydrogen (secondary N) is 2. The van der Waals surface area contributed by atoms with Crippen LogP contribution in [0.5, 0.6) is 0 Å². The number of aromatic amines is 1. The summed E-state index contributed by atoms with van der Waals surface area (Å²) >= 11 is 0. The van der Waals surface area contributed by atoms with Gasteiger partial charge in [-0.1, -0.05) is 12.1 Å². The number of H-pyrrole nitrogens is 1. The first-order valence-corrected chi connectivity index (χ1v) is 14.2. The van der Waals surface area contributed by atoms with E-state index in [1.807, 2.05) is 84.4 Å². The first-order chi connectivity index (χ1) is 20.4. The van der Waals surface area contributed by atoms with Crippen LogP contribution < -0.4 is 20.4 Å². The summed E-state index contributed by atoms with van der Waals surface area (Å²) in [4.78, 5) is 22.9. The van der Waals surface area contributed by atoms with Gasteiger partial charge in [-0.2, -0.15) is 4.57 Å². The molecule has 0 aliphatic carbocycles. The van der Waals surface area contributed by atoms with E-state index in [-0.39, 0.29) is 5.82 Å². The van der Waals surface area contributed by atoms with Crippen LogP contribution in [0.15, 0.2) is 82.0 Å². The Hall–Kier alpha value is -4.98. The second-order valence-corrected chi connectivity index (χ2v) is 10.3. The zero-order valence-corrected chi connectivity index (χ0v) is 23.9. The van der Waals surface area contributed by atoms with Gasteiger partial charge in [-0.25, -0.2) is 14.2 Å². The highest BCUT2D eigenvalue weighted by Gasteiger charge is 2.15. The van der Waals surface area contributed by atoms with E-state index < -0.39 is 5.63 Å². The molecule has 6 rings (SSSR count). The lowest BCUT2D eigenvalue weighted by Crippen LogP contribution is -2.32. The molecule has 0 spiro atoms. The lowest BCUT2D eigenvalue weighted by molar-refractivity contribution is -0.646. The average molecular weight is 563 g/mol. The van der Waals surface area contributed by atoms with Crippen molar-refractivity contribution in [3.63, 3.8) is 0 Å². The Balaban J connectivity index is 1.23. The lowest BCUT2D eigenvalue weighted by Gasteiger charge is -2.20. The Morgan fingerprint density at radius 3 is 2.62 bits per heavy atom. The standard InChI is InChI=1S/C34H32FN5O2/c1-4-40(5-2)26-15-11-23-18-24(34(41)42-32(23)20-26)12-14-25-13-10-22-19-27(35)30(21-31(22)39(25)3)36-17-16-33-37-28-8-6-7-9-29(28)38-33/h6-15,18-21H,4-5,16-17H2,1-3H3,(H,37,38)/p+1/b14-12+. The van der Waals surface area contributed by atoms with E-state index in [0.29, 0.717) is 29.8 Å². The van der Waals surface area contributed by atoms with Crippen LogP contribution in [0.3, 0.4) is 0 Å². The van der Waals surface area contributed by atoms with Gasteiger partial charge in [0.05, 0.1) is 22.3 Å². The van der Waals surface area contributed by atoms with Crippen LogP contribution in [0.4, 0.5) is 15.8 Å². The monoisotopic (exact) mass is 562 g/mol. The summed E-state index contributed by atoms with van der Waals surface area (Å²) < 4.78 is 22.6. The molecular weight excluding hydrogens is 529 g/mol. The highest BCUT2D eigenvalue weighted by molar-refractivity contribution is 5.84. The molecule has 3 aromatic heterocycles. The van der Waals surface area contributed by atoms with Crippen molar-refractivity contribution >= 4 is 56.4 Å². The van der Waals surface area contributed by atoms with Crippen molar-refractivity contribution in [3.8, 4) is 0 Å². The van der Waals surface area contributed by atoms with E-state index in [4.69, 9.17) is 4.42 Å². The first kappa shape index (κ1) is 27.2. The fraction of sp³-hybridized carbons (Fsp3) is 0.206. The number of aryl methyl sites for hydroxylation is 1. The minimum Gasteiger partial charge on any atom is -0.422 e. The molecular formula is C34H33FN5O2+. The summed E-state index contributed by atoms with van der Waals surface area (Å²) in [7, 11) is 1.93. The molecule has 0 aliphatic rings. The number of aromatic nitrogens is 3. The molecule has 3 aromatic carbocycles. The number of nitrogens with zero attached hydrogens (tertiary/aromatic N) is 3. The second kappa shape index (κ2) is 11.5. The van der Waals surface area contributed by atoms with E-state index >= 15 is 0 Å². The zero-order chi connectivity index (χ0) is 29.2. The lowest BCUT2D eigenvalue weighted by atomic mass is 10.1. The fourth-order valence-corrected chi connectivity index (χ4v) is 5.36. The summed E-state index contributed by atoms with van der Waals surface area (Å²) in [5.41, 5.74) is 5.72. The molecule has 0 radical (unpaired) electrons. The molecule has 42 heavy (non-hydrogen) atoms. The van der Waals surface area contributed by atoms with Crippen molar-refractivity contribution in [2.45, 2.75) is 20.3 Å². The predicted molar refractivity (Wildman–Crippen MR) is 168 cm³/mol. The minimum atomic E-state index is -0.392. The normalized spacial score (nSPS) is 11.7. The smallest absolute Gasteiger partial charge is 0.343 e. The van der Waals surface area contributed by atoms with Gasteiger partial charge in [0, 0.05) is 66.8 Å². The van der Waals surface area contributed by atoms with Crippen molar-refractivity contribution in [2.75, 3.05) is 29.9 Å². The Kier molecular flexibility index (Phi) is 7.44. The summed E-state index contributed by atoms with van der Waals surface area (Å²) in [6.07, 6.45) is 4.27. The number of fused-ring (bicyclic) bond motifs is 3. The van der Waals surface area contributed by atoms with Gasteiger partial charge in [-0.15, -0.1) is 0 Å². The largest absolute Gasteiger partial charge is 0.422 e. The zero-order valence-electron chi connectivity index (χ0n) is 23.9. The first-order valence-electron chi connectivity index (χ1n) is 14.2. The summed E-state index contributed by atoms with van der Waals surface area (Å²) in [5.74, 6) is 0.540. The van der Waals surface area contributed by atoms with Crippen LogP contribution in [0.1, 0.15) is 30.9 Å². The molecule has 0 unspecified atom stereocenters. The van der Waals surface area contributed by atoms with E-state index in [2.05, 4.69) is 34.0 Å². The van der Waals surface area contributed by atoms with Crippen LogP contribution in [0, 0.1) is 5.82 Å². The number of benzene rings is 3. The molecule has 3 heterocycles. The molecule has 0 fully saturated rings.